The van der Waals surface area contributed by atoms with Crippen LogP contribution in [0.25, 0.3) is 0 Å². The molecule has 0 saturated heterocycles. The first-order valence-corrected chi connectivity index (χ1v) is 9.00. The number of aryl methyl sites for hydroxylation is 2. The Labute approximate surface area is 176 Å². The molecule has 0 aliphatic carbocycles. The van der Waals surface area contributed by atoms with E-state index in [2.05, 4.69) is 27.5 Å². The molecule has 8 heteroatoms. The number of aliphatic imine (C=N–C) groups is 1. The molecule has 1 aromatic carbocycles. The van der Waals surface area contributed by atoms with Gasteiger partial charge in [0.15, 0.2) is 5.96 Å². The predicted molar refractivity (Wildman–Crippen MR) is 118 cm³/mol. The Balaban J connectivity index is 0.00000338. The van der Waals surface area contributed by atoms with Crippen molar-refractivity contribution >= 4 is 41.3 Å². The molecule has 0 aliphatic rings. The first-order chi connectivity index (χ1) is 11.9. The van der Waals surface area contributed by atoms with Crippen molar-refractivity contribution in [1.82, 2.24) is 20.5 Å². The molecule has 1 aromatic heterocycles. The fourth-order valence-corrected chi connectivity index (χ4v) is 3.25. The number of rotatable bonds is 6. The molecule has 26 heavy (non-hydrogen) atoms. The van der Waals surface area contributed by atoms with Crippen LogP contribution in [0.4, 0.5) is 4.39 Å². The standard InChI is InChI=1S/C18H26FN5S.HI/c1-12-13(2)25-17(23-12)10-22-18(20-3)21-9-14-6-7-16(19)15(8-14)11-24(4)5;/h6-8H,9-11H2,1-5H3,(H2,20,21,22);1H. The average Bonchev–Trinajstić information content (AvgIpc) is 2.88. The lowest BCUT2D eigenvalue weighted by atomic mass is 10.1. The second kappa shape index (κ2) is 10.8. The van der Waals surface area contributed by atoms with E-state index in [9.17, 15) is 4.39 Å². The lowest BCUT2D eigenvalue weighted by Gasteiger charge is -2.14. The molecule has 0 saturated carbocycles. The summed E-state index contributed by atoms with van der Waals surface area (Å²) < 4.78 is 13.8. The lowest BCUT2D eigenvalue weighted by molar-refractivity contribution is 0.392. The van der Waals surface area contributed by atoms with Crippen molar-refractivity contribution in [1.29, 1.82) is 0 Å². The maximum atomic E-state index is 13.8. The van der Waals surface area contributed by atoms with Crippen molar-refractivity contribution in [2.75, 3.05) is 21.1 Å². The second-order valence-electron chi connectivity index (χ2n) is 6.19. The summed E-state index contributed by atoms with van der Waals surface area (Å²) in [5, 5.41) is 7.55. The van der Waals surface area contributed by atoms with Crippen LogP contribution < -0.4 is 10.6 Å². The van der Waals surface area contributed by atoms with Crippen LogP contribution in [-0.4, -0.2) is 37.0 Å². The lowest BCUT2D eigenvalue weighted by Crippen LogP contribution is -2.36. The molecule has 0 atom stereocenters. The van der Waals surface area contributed by atoms with Gasteiger partial charge in [-0.15, -0.1) is 35.3 Å². The fourth-order valence-electron chi connectivity index (χ4n) is 2.38. The summed E-state index contributed by atoms with van der Waals surface area (Å²) >= 11 is 1.69. The van der Waals surface area contributed by atoms with Gasteiger partial charge in [0.25, 0.3) is 0 Å². The van der Waals surface area contributed by atoms with Crippen molar-refractivity contribution in [2.45, 2.75) is 33.5 Å². The highest BCUT2D eigenvalue weighted by Crippen LogP contribution is 2.16. The third kappa shape index (κ3) is 6.81. The topological polar surface area (TPSA) is 52.6 Å². The van der Waals surface area contributed by atoms with Gasteiger partial charge in [-0.05, 0) is 45.6 Å². The molecule has 2 N–H and O–H groups in total. The Morgan fingerprint density at radius 1 is 1.23 bits per heavy atom. The maximum absolute atomic E-state index is 13.8. The molecule has 0 spiro atoms. The van der Waals surface area contributed by atoms with Crippen LogP contribution in [0.2, 0.25) is 0 Å². The van der Waals surface area contributed by atoms with Crippen LogP contribution in [0, 0.1) is 19.7 Å². The van der Waals surface area contributed by atoms with E-state index in [1.807, 2.05) is 32.0 Å². The smallest absolute Gasteiger partial charge is 0.191 e. The Morgan fingerprint density at radius 2 is 1.92 bits per heavy atom. The number of halogens is 2. The van der Waals surface area contributed by atoms with E-state index in [1.54, 1.807) is 24.5 Å². The minimum atomic E-state index is -0.172. The second-order valence-corrected chi connectivity index (χ2v) is 7.48. The molecule has 144 valence electrons. The van der Waals surface area contributed by atoms with Gasteiger partial charge in [0.1, 0.15) is 10.8 Å². The van der Waals surface area contributed by atoms with Crippen molar-refractivity contribution in [3.05, 3.63) is 50.7 Å². The van der Waals surface area contributed by atoms with Gasteiger partial charge in [-0.25, -0.2) is 9.37 Å². The molecule has 0 unspecified atom stereocenters. The molecular weight excluding hydrogens is 464 g/mol. The molecule has 1 heterocycles. The summed E-state index contributed by atoms with van der Waals surface area (Å²) in [6.07, 6.45) is 0. The zero-order chi connectivity index (χ0) is 18.4. The van der Waals surface area contributed by atoms with Crippen LogP contribution >= 0.6 is 35.3 Å². The van der Waals surface area contributed by atoms with Crippen LogP contribution in [0.3, 0.4) is 0 Å². The molecule has 0 aliphatic heterocycles. The Kier molecular flexibility index (Phi) is 9.45. The molecule has 0 amide bonds. The number of thiazole rings is 1. The minimum Gasteiger partial charge on any atom is -0.352 e. The number of nitrogens with one attached hydrogen (secondary N) is 2. The largest absolute Gasteiger partial charge is 0.352 e. The zero-order valence-electron chi connectivity index (χ0n) is 15.9. The number of benzene rings is 1. The van der Waals surface area contributed by atoms with Crippen LogP contribution in [0.15, 0.2) is 23.2 Å². The van der Waals surface area contributed by atoms with Crippen LogP contribution in [0.5, 0.6) is 0 Å². The van der Waals surface area contributed by atoms with Crippen LogP contribution in [0.1, 0.15) is 26.7 Å². The van der Waals surface area contributed by atoms with Crippen molar-refractivity contribution < 1.29 is 4.39 Å². The van der Waals surface area contributed by atoms with E-state index in [0.717, 1.165) is 16.3 Å². The first-order valence-electron chi connectivity index (χ1n) is 8.18. The van der Waals surface area contributed by atoms with E-state index in [4.69, 9.17) is 0 Å². The third-order valence-corrected chi connectivity index (χ3v) is 4.83. The summed E-state index contributed by atoms with van der Waals surface area (Å²) in [6, 6.07) is 5.21. The highest BCUT2D eigenvalue weighted by molar-refractivity contribution is 14.0. The van der Waals surface area contributed by atoms with Crippen molar-refractivity contribution in [3.8, 4) is 0 Å². The van der Waals surface area contributed by atoms with E-state index >= 15 is 0 Å². The minimum absolute atomic E-state index is 0. The number of aromatic nitrogens is 1. The highest BCUT2D eigenvalue weighted by Gasteiger charge is 2.07. The number of nitrogens with zero attached hydrogens (tertiary/aromatic N) is 3. The molecule has 0 radical (unpaired) electrons. The monoisotopic (exact) mass is 491 g/mol. The molecular formula is C18H27FIN5S. The number of guanidine groups is 1. The van der Waals surface area contributed by atoms with Gasteiger partial charge in [0, 0.05) is 30.6 Å². The molecule has 2 rings (SSSR count). The number of hydrogen-bond donors (Lipinski definition) is 2. The summed E-state index contributed by atoms with van der Waals surface area (Å²) in [4.78, 5) is 11.9. The van der Waals surface area contributed by atoms with Crippen LogP contribution in [-0.2, 0) is 19.6 Å². The van der Waals surface area contributed by atoms with E-state index < -0.39 is 0 Å². The molecule has 0 fully saturated rings. The van der Waals surface area contributed by atoms with E-state index in [0.29, 0.717) is 31.2 Å². The predicted octanol–water partition coefficient (Wildman–Crippen LogP) is 3.44. The van der Waals surface area contributed by atoms with Crippen molar-refractivity contribution in [2.24, 2.45) is 4.99 Å². The van der Waals surface area contributed by atoms with Gasteiger partial charge >= 0.3 is 0 Å². The Morgan fingerprint density at radius 3 is 2.50 bits per heavy atom. The van der Waals surface area contributed by atoms with E-state index in [-0.39, 0.29) is 29.8 Å². The van der Waals surface area contributed by atoms with Gasteiger partial charge in [-0.2, -0.15) is 0 Å². The zero-order valence-corrected chi connectivity index (χ0v) is 19.0. The number of hydrogen-bond acceptors (Lipinski definition) is 4. The van der Waals surface area contributed by atoms with Gasteiger partial charge in [-0.3, -0.25) is 4.99 Å². The Hall–Kier alpha value is -1.26. The molecule has 2 aromatic rings. The summed E-state index contributed by atoms with van der Waals surface area (Å²) in [7, 11) is 5.59. The first kappa shape index (κ1) is 22.8. The van der Waals surface area contributed by atoms with Crippen molar-refractivity contribution in [3.63, 3.8) is 0 Å². The normalized spacial score (nSPS) is 11.4. The molecule has 0 bridgehead atoms. The SMILES string of the molecule is CN=C(NCc1ccc(F)c(CN(C)C)c1)NCc1nc(C)c(C)s1.I. The fraction of sp³-hybridized carbons (Fsp3) is 0.444. The Bertz CT molecular complexity index is 726. The van der Waals surface area contributed by atoms with Gasteiger partial charge in [-0.1, -0.05) is 6.07 Å². The molecule has 5 nitrogen and oxygen atoms in total. The summed E-state index contributed by atoms with van der Waals surface area (Å²) in [5.41, 5.74) is 2.78. The summed E-state index contributed by atoms with van der Waals surface area (Å²) in [6.45, 7) is 5.88. The third-order valence-electron chi connectivity index (χ3n) is 3.76. The average molecular weight is 491 g/mol. The maximum Gasteiger partial charge on any atom is 0.191 e. The summed E-state index contributed by atoms with van der Waals surface area (Å²) in [5.74, 6) is 0.526. The quantitative estimate of drug-likeness (QED) is 0.370. The van der Waals surface area contributed by atoms with E-state index in [1.165, 1.54) is 10.9 Å². The van der Waals surface area contributed by atoms with Gasteiger partial charge in [0.05, 0.1) is 12.2 Å². The van der Waals surface area contributed by atoms with Gasteiger partial charge in [0.2, 0.25) is 0 Å². The van der Waals surface area contributed by atoms with Gasteiger partial charge < -0.3 is 15.5 Å². The highest BCUT2D eigenvalue weighted by atomic mass is 127.